The Morgan fingerprint density at radius 2 is 2.27 bits per heavy atom. The average Bonchev–Trinajstić information content (AvgIpc) is 2.38. The van der Waals surface area contributed by atoms with Crippen LogP contribution >= 0.6 is 0 Å². The number of hydrogen-bond acceptors (Lipinski definition) is 3. The second-order valence-electron chi connectivity index (χ2n) is 3.20. The van der Waals surface area contributed by atoms with E-state index in [1.807, 2.05) is 0 Å². The molecule has 7 heteroatoms. The number of allylic oxidation sites excluding steroid dienone is 1. The maximum atomic E-state index is 12.5. The predicted octanol–water partition coefficient (Wildman–Crippen LogP) is 0.913. The molecule has 0 radical (unpaired) electrons. The Labute approximate surface area is 82.5 Å². The van der Waals surface area contributed by atoms with Crippen molar-refractivity contribution >= 4 is 5.91 Å². The monoisotopic (exact) mass is 218 g/mol. The van der Waals surface area contributed by atoms with Crippen molar-refractivity contribution in [3.63, 3.8) is 0 Å². The van der Waals surface area contributed by atoms with Crippen LogP contribution in [0.4, 0.5) is 13.2 Å². The van der Waals surface area contributed by atoms with Gasteiger partial charge < -0.3 is 4.74 Å². The number of carbonyl (C=O) groups excluding carboxylic acids is 1. The van der Waals surface area contributed by atoms with Crippen molar-refractivity contribution in [3.8, 4) is 6.07 Å². The van der Waals surface area contributed by atoms with Crippen LogP contribution in [0.5, 0.6) is 0 Å². The molecule has 0 saturated carbocycles. The van der Waals surface area contributed by atoms with Crippen molar-refractivity contribution < 1.29 is 22.7 Å². The zero-order chi connectivity index (χ0) is 11.2. The fourth-order valence-electron chi connectivity index (χ4n) is 1.66. The molecule has 2 saturated heterocycles. The van der Waals surface area contributed by atoms with Gasteiger partial charge in [-0.2, -0.15) is 18.4 Å². The van der Waals surface area contributed by atoms with Crippen molar-refractivity contribution in [2.24, 2.45) is 0 Å². The number of alkyl halides is 3. The summed E-state index contributed by atoms with van der Waals surface area (Å²) >= 11 is 0. The fraction of sp³-hybridized carbons (Fsp3) is 0.500. The van der Waals surface area contributed by atoms with Gasteiger partial charge in [0.25, 0.3) is 0 Å². The van der Waals surface area contributed by atoms with E-state index in [4.69, 9.17) is 10.00 Å². The van der Waals surface area contributed by atoms with Crippen LogP contribution in [0.15, 0.2) is 11.8 Å². The number of hydrogen-bond donors (Lipinski definition) is 0. The molecule has 2 rings (SSSR count). The standard InChI is InChI=1S/C8H5F3N2O2/c9-8(10,11)7-4(1-2-12)15-6-3-5(14)13(6)7/h1,6-7H,3H2/b4-1-/t6-,7-/m1/s1. The molecular weight excluding hydrogens is 213 g/mol. The number of amides is 1. The zero-order valence-electron chi connectivity index (χ0n) is 7.28. The topological polar surface area (TPSA) is 53.3 Å². The smallest absolute Gasteiger partial charge is 0.416 e. The molecule has 80 valence electrons. The number of ether oxygens (including phenoxy) is 1. The van der Waals surface area contributed by atoms with Gasteiger partial charge in [0.2, 0.25) is 5.91 Å². The van der Waals surface area contributed by atoms with Gasteiger partial charge >= 0.3 is 6.18 Å². The highest BCUT2D eigenvalue weighted by Crippen LogP contribution is 2.43. The first-order valence-electron chi connectivity index (χ1n) is 4.09. The van der Waals surface area contributed by atoms with Gasteiger partial charge in [0.05, 0.1) is 18.6 Å². The third kappa shape index (κ3) is 1.33. The van der Waals surface area contributed by atoms with Crippen LogP contribution in [0.3, 0.4) is 0 Å². The van der Waals surface area contributed by atoms with E-state index in [0.29, 0.717) is 11.0 Å². The lowest BCUT2D eigenvalue weighted by Gasteiger charge is -2.35. The fourth-order valence-corrected chi connectivity index (χ4v) is 1.66. The van der Waals surface area contributed by atoms with Gasteiger partial charge in [-0.15, -0.1) is 0 Å². The van der Waals surface area contributed by atoms with Crippen LogP contribution < -0.4 is 0 Å². The van der Waals surface area contributed by atoms with E-state index in [1.54, 1.807) is 0 Å². The third-order valence-electron chi connectivity index (χ3n) is 2.28. The molecule has 2 aliphatic heterocycles. The Morgan fingerprint density at radius 1 is 1.60 bits per heavy atom. The first-order chi connectivity index (χ1) is 6.95. The van der Waals surface area contributed by atoms with Crippen molar-refractivity contribution in [3.05, 3.63) is 11.8 Å². The van der Waals surface area contributed by atoms with Crippen LogP contribution in [-0.2, 0) is 9.53 Å². The van der Waals surface area contributed by atoms with Crippen molar-refractivity contribution in [2.75, 3.05) is 0 Å². The Balaban J connectivity index is 2.34. The Hall–Kier alpha value is -1.71. The summed E-state index contributed by atoms with van der Waals surface area (Å²) in [6.45, 7) is 0. The number of fused-ring (bicyclic) bond motifs is 1. The van der Waals surface area contributed by atoms with E-state index >= 15 is 0 Å². The number of halogens is 3. The first-order valence-corrected chi connectivity index (χ1v) is 4.09. The molecule has 4 nitrogen and oxygen atoms in total. The molecule has 0 bridgehead atoms. The van der Waals surface area contributed by atoms with Gasteiger partial charge in [-0.3, -0.25) is 9.69 Å². The summed E-state index contributed by atoms with van der Waals surface area (Å²) < 4.78 is 42.5. The number of carbonyl (C=O) groups is 1. The minimum absolute atomic E-state index is 0.0602. The van der Waals surface area contributed by atoms with E-state index in [2.05, 4.69) is 0 Å². The minimum atomic E-state index is -4.60. The number of rotatable bonds is 0. The molecule has 15 heavy (non-hydrogen) atoms. The molecule has 2 heterocycles. The lowest BCUT2D eigenvalue weighted by molar-refractivity contribution is -0.193. The molecule has 0 aromatic carbocycles. The highest BCUT2D eigenvalue weighted by Gasteiger charge is 2.60. The average molecular weight is 218 g/mol. The van der Waals surface area contributed by atoms with E-state index in [-0.39, 0.29) is 6.42 Å². The molecular formula is C8H5F3N2O2. The van der Waals surface area contributed by atoms with Gasteiger partial charge in [0, 0.05) is 0 Å². The molecule has 0 N–H and O–H groups in total. The van der Waals surface area contributed by atoms with Crippen molar-refractivity contribution in [1.82, 2.24) is 4.90 Å². The summed E-state index contributed by atoms with van der Waals surface area (Å²) in [5.74, 6) is -1.11. The molecule has 1 amide bonds. The van der Waals surface area contributed by atoms with Crippen LogP contribution in [0.2, 0.25) is 0 Å². The molecule has 2 aliphatic rings. The maximum Gasteiger partial charge on any atom is 0.416 e. The number of nitriles is 1. The third-order valence-corrected chi connectivity index (χ3v) is 2.28. The Morgan fingerprint density at radius 3 is 2.73 bits per heavy atom. The lowest BCUT2D eigenvalue weighted by atomic mass is 10.1. The van der Waals surface area contributed by atoms with Crippen molar-refractivity contribution in [2.45, 2.75) is 24.9 Å². The van der Waals surface area contributed by atoms with E-state index in [1.165, 1.54) is 6.07 Å². The summed E-state index contributed by atoms with van der Waals surface area (Å²) in [6.07, 6.45) is -4.84. The lowest BCUT2D eigenvalue weighted by Crippen LogP contribution is -2.56. The summed E-state index contributed by atoms with van der Waals surface area (Å²) in [6, 6.07) is -0.624. The van der Waals surface area contributed by atoms with Crippen LogP contribution in [0.25, 0.3) is 0 Å². The second-order valence-corrected chi connectivity index (χ2v) is 3.20. The minimum Gasteiger partial charge on any atom is -0.471 e. The number of nitrogens with zero attached hydrogens (tertiary/aromatic N) is 2. The van der Waals surface area contributed by atoms with Gasteiger partial charge in [-0.1, -0.05) is 0 Å². The molecule has 0 aromatic rings. The van der Waals surface area contributed by atoms with Crippen LogP contribution in [-0.4, -0.2) is 29.3 Å². The molecule has 0 aliphatic carbocycles. The summed E-state index contributed by atoms with van der Waals surface area (Å²) in [5.41, 5.74) is 0. The van der Waals surface area contributed by atoms with Gasteiger partial charge in [0.15, 0.2) is 12.3 Å². The van der Waals surface area contributed by atoms with Crippen LogP contribution in [0.1, 0.15) is 6.42 Å². The summed E-state index contributed by atoms with van der Waals surface area (Å²) in [7, 11) is 0. The molecule has 0 unspecified atom stereocenters. The summed E-state index contributed by atoms with van der Waals surface area (Å²) in [4.78, 5) is 11.6. The maximum absolute atomic E-state index is 12.5. The van der Waals surface area contributed by atoms with Gasteiger partial charge in [-0.05, 0) is 0 Å². The summed E-state index contributed by atoms with van der Waals surface area (Å²) in [5, 5.41) is 8.29. The molecule has 2 fully saturated rings. The van der Waals surface area contributed by atoms with Gasteiger partial charge in [0.1, 0.15) is 5.76 Å². The van der Waals surface area contributed by atoms with Crippen molar-refractivity contribution in [1.29, 1.82) is 5.26 Å². The first kappa shape index (κ1) is 9.83. The quantitative estimate of drug-likeness (QED) is 0.448. The SMILES string of the molecule is N#C/C=C1\O[C@@H]2CC(=O)N2[C@H]1C(F)(F)F. The molecule has 0 spiro atoms. The second kappa shape index (κ2) is 2.89. The largest absolute Gasteiger partial charge is 0.471 e. The molecule has 2 atom stereocenters. The number of β-lactam (4-membered cyclic amide) rings is 1. The van der Waals surface area contributed by atoms with Gasteiger partial charge in [-0.25, -0.2) is 0 Å². The highest BCUT2D eigenvalue weighted by atomic mass is 19.4. The highest BCUT2D eigenvalue weighted by molar-refractivity contribution is 5.84. The normalized spacial score (nSPS) is 32.0. The molecule has 0 aromatic heterocycles. The zero-order valence-corrected chi connectivity index (χ0v) is 7.28. The van der Waals surface area contributed by atoms with Crippen LogP contribution in [0, 0.1) is 11.3 Å². The van der Waals surface area contributed by atoms with E-state index in [9.17, 15) is 18.0 Å². The van der Waals surface area contributed by atoms with E-state index in [0.717, 1.165) is 0 Å². The predicted molar refractivity (Wildman–Crippen MR) is 39.9 cm³/mol. The Bertz CT molecular complexity index is 382. The Kier molecular flexibility index (Phi) is 1.89. The van der Waals surface area contributed by atoms with E-state index < -0.39 is 30.1 Å².